The Kier molecular flexibility index (Phi) is 8.30. The topological polar surface area (TPSA) is 42.5 Å². The molecule has 0 saturated heterocycles. The first-order valence-corrected chi connectivity index (χ1v) is 11.2. The van der Waals surface area contributed by atoms with Crippen molar-refractivity contribution >= 4 is 34.8 Å². The molecule has 0 radical (unpaired) electrons. The summed E-state index contributed by atoms with van der Waals surface area (Å²) in [5, 5.41) is 7.14. The SMILES string of the molecule is COc1ccc(SCCCNC(=S)Nc2ccc(OC3CCCC3)cc2)cc1. The van der Waals surface area contributed by atoms with Gasteiger partial charge in [-0.25, -0.2) is 0 Å². The molecule has 0 aromatic heterocycles. The largest absolute Gasteiger partial charge is 0.497 e. The molecule has 150 valence electrons. The van der Waals surface area contributed by atoms with Gasteiger partial charge >= 0.3 is 0 Å². The van der Waals surface area contributed by atoms with Crippen molar-refractivity contribution in [3.05, 3.63) is 48.5 Å². The molecule has 0 amide bonds. The third-order valence-electron chi connectivity index (χ3n) is 4.65. The zero-order valence-corrected chi connectivity index (χ0v) is 17.9. The fourth-order valence-corrected chi connectivity index (χ4v) is 4.20. The molecule has 0 heterocycles. The van der Waals surface area contributed by atoms with Crippen molar-refractivity contribution in [2.75, 3.05) is 24.7 Å². The Morgan fingerprint density at radius 3 is 2.39 bits per heavy atom. The van der Waals surface area contributed by atoms with Crippen LogP contribution < -0.4 is 20.1 Å². The lowest BCUT2D eigenvalue weighted by Gasteiger charge is -2.14. The van der Waals surface area contributed by atoms with E-state index in [1.807, 2.05) is 48.2 Å². The van der Waals surface area contributed by atoms with Crippen LogP contribution in [-0.2, 0) is 0 Å². The number of benzene rings is 2. The molecule has 2 aromatic carbocycles. The first-order valence-electron chi connectivity index (χ1n) is 9.81. The molecule has 1 aliphatic rings. The number of hydrogen-bond acceptors (Lipinski definition) is 4. The monoisotopic (exact) mass is 416 g/mol. The first-order chi connectivity index (χ1) is 13.7. The maximum Gasteiger partial charge on any atom is 0.170 e. The van der Waals surface area contributed by atoms with Gasteiger partial charge in [0.2, 0.25) is 0 Å². The number of hydrogen-bond donors (Lipinski definition) is 2. The van der Waals surface area contributed by atoms with Gasteiger partial charge in [-0.3, -0.25) is 0 Å². The second kappa shape index (κ2) is 11.2. The Hall–Kier alpha value is -1.92. The molecule has 2 N–H and O–H groups in total. The van der Waals surface area contributed by atoms with E-state index in [-0.39, 0.29) is 0 Å². The highest BCUT2D eigenvalue weighted by Crippen LogP contribution is 2.25. The van der Waals surface area contributed by atoms with E-state index >= 15 is 0 Å². The minimum atomic E-state index is 0.386. The highest BCUT2D eigenvalue weighted by molar-refractivity contribution is 7.99. The fraction of sp³-hybridized carbons (Fsp3) is 0.409. The van der Waals surface area contributed by atoms with Crippen molar-refractivity contribution in [3.63, 3.8) is 0 Å². The van der Waals surface area contributed by atoms with Gasteiger partial charge in [-0.05, 0) is 98.6 Å². The van der Waals surface area contributed by atoms with Crippen LogP contribution in [-0.4, -0.2) is 30.6 Å². The minimum Gasteiger partial charge on any atom is -0.497 e. The van der Waals surface area contributed by atoms with Crippen molar-refractivity contribution in [1.29, 1.82) is 0 Å². The summed E-state index contributed by atoms with van der Waals surface area (Å²) in [4.78, 5) is 1.25. The van der Waals surface area contributed by atoms with Gasteiger partial charge in [0.05, 0.1) is 13.2 Å². The number of methoxy groups -OCH3 is 1. The third-order valence-corrected chi connectivity index (χ3v) is 6.00. The van der Waals surface area contributed by atoms with Crippen LogP contribution in [0.3, 0.4) is 0 Å². The molecule has 1 fully saturated rings. The van der Waals surface area contributed by atoms with Crippen molar-refractivity contribution in [2.24, 2.45) is 0 Å². The summed E-state index contributed by atoms with van der Waals surface area (Å²) in [7, 11) is 1.68. The number of rotatable bonds is 9. The van der Waals surface area contributed by atoms with Crippen LogP contribution in [0.25, 0.3) is 0 Å². The van der Waals surface area contributed by atoms with Crippen LogP contribution in [0.15, 0.2) is 53.4 Å². The summed E-state index contributed by atoms with van der Waals surface area (Å²) >= 11 is 7.22. The predicted molar refractivity (Wildman–Crippen MR) is 122 cm³/mol. The molecule has 0 atom stereocenters. The van der Waals surface area contributed by atoms with E-state index < -0.39 is 0 Å². The van der Waals surface area contributed by atoms with E-state index in [2.05, 4.69) is 22.8 Å². The van der Waals surface area contributed by atoms with E-state index in [9.17, 15) is 0 Å². The van der Waals surface area contributed by atoms with Crippen LogP contribution >= 0.6 is 24.0 Å². The molecular formula is C22H28N2O2S2. The molecule has 0 bridgehead atoms. The standard InChI is InChI=1S/C22H28N2O2S2/c1-25-18-11-13-21(14-12-18)28-16-4-15-23-22(27)24-17-7-9-20(10-8-17)26-19-5-2-3-6-19/h7-14,19H,2-6,15-16H2,1H3,(H2,23,24,27). The lowest BCUT2D eigenvalue weighted by molar-refractivity contribution is 0.210. The Balaban J connectivity index is 1.30. The average molecular weight is 417 g/mol. The zero-order chi connectivity index (χ0) is 19.6. The molecular weight excluding hydrogens is 388 g/mol. The van der Waals surface area contributed by atoms with Crippen molar-refractivity contribution < 1.29 is 9.47 Å². The summed E-state index contributed by atoms with van der Waals surface area (Å²) in [5.41, 5.74) is 0.976. The molecule has 4 nitrogen and oxygen atoms in total. The van der Waals surface area contributed by atoms with Gasteiger partial charge in [0, 0.05) is 17.1 Å². The molecule has 0 aliphatic heterocycles. The first kappa shape index (κ1) is 20.8. The third kappa shape index (κ3) is 6.91. The van der Waals surface area contributed by atoms with Gasteiger partial charge in [0.15, 0.2) is 5.11 Å². The molecule has 6 heteroatoms. The van der Waals surface area contributed by atoms with Gasteiger partial charge in [-0.15, -0.1) is 11.8 Å². The highest BCUT2D eigenvalue weighted by atomic mass is 32.2. The average Bonchev–Trinajstić information content (AvgIpc) is 3.23. The Labute approximate surface area is 177 Å². The van der Waals surface area contributed by atoms with Crippen molar-refractivity contribution in [3.8, 4) is 11.5 Å². The van der Waals surface area contributed by atoms with Crippen molar-refractivity contribution in [1.82, 2.24) is 5.32 Å². The zero-order valence-electron chi connectivity index (χ0n) is 16.3. The van der Waals surface area contributed by atoms with Gasteiger partial charge in [0.25, 0.3) is 0 Å². The summed E-state index contributed by atoms with van der Waals surface area (Å²) in [6.45, 7) is 0.845. The van der Waals surface area contributed by atoms with E-state index in [1.54, 1.807) is 7.11 Å². The van der Waals surface area contributed by atoms with Crippen LogP contribution in [0.5, 0.6) is 11.5 Å². The molecule has 3 rings (SSSR count). The Morgan fingerprint density at radius 2 is 1.71 bits per heavy atom. The summed E-state index contributed by atoms with van der Waals surface area (Å²) < 4.78 is 11.2. The summed E-state index contributed by atoms with van der Waals surface area (Å²) in [5.74, 6) is 2.86. The molecule has 1 aliphatic carbocycles. The summed E-state index contributed by atoms with van der Waals surface area (Å²) in [6.07, 6.45) is 6.32. The normalized spacial score (nSPS) is 13.9. The van der Waals surface area contributed by atoms with E-state index in [0.29, 0.717) is 11.2 Å². The fourth-order valence-electron chi connectivity index (χ4n) is 3.13. The van der Waals surface area contributed by atoms with Crippen LogP contribution in [0.1, 0.15) is 32.1 Å². The summed E-state index contributed by atoms with van der Waals surface area (Å²) in [6, 6.07) is 16.2. The lowest BCUT2D eigenvalue weighted by Crippen LogP contribution is -2.29. The maximum absolute atomic E-state index is 5.99. The molecule has 0 unspecified atom stereocenters. The lowest BCUT2D eigenvalue weighted by atomic mass is 10.3. The number of nitrogens with one attached hydrogen (secondary N) is 2. The number of anilines is 1. The second-order valence-corrected chi connectivity index (χ2v) is 8.38. The molecule has 1 saturated carbocycles. The minimum absolute atomic E-state index is 0.386. The Morgan fingerprint density at radius 1 is 1.04 bits per heavy atom. The van der Waals surface area contributed by atoms with Gasteiger partial charge in [-0.2, -0.15) is 0 Å². The van der Waals surface area contributed by atoms with Gasteiger partial charge < -0.3 is 20.1 Å². The van der Waals surface area contributed by atoms with Crippen molar-refractivity contribution in [2.45, 2.75) is 43.1 Å². The second-order valence-electron chi connectivity index (χ2n) is 6.81. The van der Waals surface area contributed by atoms with Crippen LogP contribution in [0.4, 0.5) is 5.69 Å². The van der Waals surface area contributed by atoms with E-state index in [4.69, 9.17) is 21.7 Å². The Bertz CT molecular complexity index is 729. The van der Waals surface area contributed by atoms with E-state index in [1.165, 1.54) is 30.6 Å². The molecule has 28 heavy (non-hydrogen) atoms. The number of ether oxygens (including phenoxy) is 2. The number of thioether (sulfide) groups is 1. The smallest absolute Gasteiger partial charge is 0.170 e. The predicted octanol–water partition coefficient (Wildman–Crippen LogP) is 5.49. The molecule has 2 aromatic rings. The number of thiocarbonyl (C=S) groups is 1. The van der Waals surface area contributed by atoms with Crippen LogP contribution in [0.2, 0.25) is 0 Å². The van der Waals surface area contributed by atoms with Gasteiger partial charge in [0.1, 0.15) is 11.5 Å². The van der Waals surface area contributed by atoms with Crippen LogP contribution in [0, 0.1) is 0 Å². The quantitative estimate of drug-likeness (QED) is 0.320. The van der Waals surface area contributed by atoms with Gasteiger partial charge in [-0.1, -0.05) is 0 Å². The molecule has 0 spiro atoms. The van der Waals surface area contributed by atoms with E-state index in [0.717, 1.165) is 35.9 Å². The maximum atomic E-state index is 5.99. The highest BCUT2D eigenvalue weighted by Gasteiger charge is 2.16.